The minimum Gasteiger partial charge on any atom is -0.496 e. The van der Waals surface area contributed by atoms with E-state index in [9.17, 15) is 15.0 Å². The maximum atomic E-state index is 15.3. The van der Waals surface area contributed by atoms with Crippen LogP contribution in [0.25, 0.3) is 11.4 Å². The lowest BCUT2D eigenvalue weighted by Gasteiger charge is -2.37. The average Bonchev–Trinajstić information content (AvgIpc) is 2.75. The fourth-order valence-electron chi connectivity index (χ4n) is 3.87. The predicted octanol–water partition coefficient (Wildman–Crippen LogP) is 5.28. The van der Waals surface area contributed by atoms with E-state index in [4.69, 9.17) is 4.74 Å². The molecule has 2 aromatic carbocycles. The Morgan fingerprint density at radius 2 is 2.00 bits per heavy atom. The van der Waals surface area contributed by atoms with Gasteiger partial charge < -0.3 is 14.9 Å². The molecule has 156 valence electrons. The van der Waals surface area contributed by atoms with Gasteiger partial charge in [0.05, 0.1) is 13.7 Å². The highest BCUT2D eigenvalue weighted by Crippen LogP contribution is 2.45. The molecule has 1 aliphatic carbocycles. The third-order valence-electron chi connectivity index (χ3n) is 5.79. The van der Waals surface area contributed by atoms with E-state index in [-0.39, 0.29) is 29.4 Å². The van der Waals surface area contributed by atoms with Crippen molar-refractivity contribution in [1.29, 1.82) is 0 Å². The highest BCUT2D eigenvalue weighted by Gasteiger charge is 2.36. The summed E-state index contributed by atoms with van der Waals surface area (Å²) in [4.78, 5) is 11.3. The summed E-state index contributed by atoms with van der Waals surface area (Å²) in [6.07, 6.45) is 7.06. The lowest BCUT2D eigenvalue weighted by atomic mass is 9.68. The second-order valence-electron chi connectivity index (χ2n) is 7.50. The van der Waals surface area contributed by atoms with Crippen LogP contribution in [0.4, 0.5) is 4.39 Å². The SMILES string of the molecule is COc1cc(/C(F)=C/C2(CO)C=CC=C(c3ccccc3C)C2C)ccc1C(=O)O. The number of carbonyl (C=O) groups is 1. The zero-order valence-electron chi connectivity index (χ0n) is 17.2. The number of rotatable bonds is 6. The molecule has 2 unspecified atom stereocenters. The Morgan fingerprint density at radius 1 is 1.27 bits per heavy atom. The van der Waals surface area contributed by atoms with E-state index in [1.807, 2.05) is 56.3 Å². The molecule has 3 rings (SSSR count). The molecule has 0 amide bonds. The fourth-order valence-corrected chi connectivity index (χ4v) is 3.87. The van der Waals surface area contributed by atoms with E-state index in [1.165, 1.54) is 31.4 Å². The van der Waals surface area contributed by atoms with Crippen molar-refractivity contribution in [2.45, 2.75) is 13.8 Å². The molecule has 4 nitrogen and oxygen atoms in total. The summed E-state index contributed by atoms with van der Waals surface area (Å²) in [5.74, 6) is -1.80. The van der Waals surface area contributed by atoms with E-state index in [2.05, 4.69) is 0 Å². The van der Waals surface area contributed by atoms with Gasteiger partial charge in [-0.05, 0) is 47.8 Å². The van der Waals surface area contributed by atoms with Crippen molar-refractivity contribution in [3.63, 3.8) is 0 Å². The predicted molar refractivity (Wildman–Crippen MR) is 116 cm³/mol. The number of ether oxygens (including phenoxy) is 1. The number of allylic oxidation sites excluding steroid dienone is 3. The Labute approximate surface area is 175 Å². The van der Waals surface area contributed by atoms with Gasteiger partial charge in [0.15, 0.2) is 0 Å². The Bertz CT molecular complexity index is 1050. The van der Waals surface area contributed by atoms with Gasteiger partial charge in [0.1, 0.15) is 17.1 Å². The number of aliphatic hydroxyl groups excluding tert-OH is 1. The minimum absolute atomic E-state index is 0.0402. The van der Waals surface area contributed by atoms with Crippen LogP contribution in [0.5, 0.6) is 5.75 Å². The maximum absolute atomic E-state index is 15.3. The van der Waals surface area contributed by atoms with Crippen LogP contribution in [0.3, 0.4) is 0 Å². The minimum atomic E-state index is -1.15. The molecule has 0 aliphatic heterocycles. The summed E-state index contributed by atoms with van der Waals surface area (Å²) in [5.41, 5.74) is 2.41. The number of aryl methyl sites for hydroxylation is 1. The molecule has 0 fully saturated rings. The van der Waals surface area contributed by atoms with Gasteiger partial charge in [0, 0.05) is 11.0 Å². The van der Waals surface area contributed by atoms with Crippen LogP contribution in [0, 0.1) is 18.3 Å². The maximum Gasteiger partial charge on any atom is 0.339 e. The van der Waals surface area contributed by atoms with Gasteiger partial charge in [0.25, 0.3) is 0 Å². The molecule has 2 aromatic rings. The third-order valence-corrected chi connectivity index (χ3v) is 5.79. The number of benzene rings is 2. The number of aromatic carboxylic acids is 1. The number of halogens is 1. The van der Waals surface area contributed by atoms with Crippen molar-refractivity contribution < 1.29 is 24.1 Å². The normalized spacial score (nSPS) is 21.3. The van der Waals surface area contributed by atoms with Gasteiger partial charge in [-0.2, -0.15) is 0 Å². The van der Waals surface area contributed by atoms with Crippen molar-refractivity contribution in [2.75, 3.05) is 13.7 Å². The van der Waals surface area contributed by atoms with Crippen molar-refractivity contribution >= 4 is 17.4 Å². The van der Waals surface area contributed by atoms with E-state index in [0.717, 1.165) is 16.7 Å². The second kappa shape index (κ2) is 8.67. The number of hydrogen-bond acceptors (Lipinski definition) is 3. The molecule has 0 saturated carbocycles. The number of hydrogen-bond donors (Lipinski definition) is 2. The lowest BCUT2D eigenvalue weighted by molar-refractivity contribution is 0.0693. The first-order valence-electron chi connectivity index (χ1n) is 9.69. The van der Waals surface area contributed by atoms with Gasteiger partial charge in [-0.25, -0.2) is 9.18 Å². The Morgan fingerprint density at radius 3 is 2.63 bits per heavy atom. The zero-order valence-corrected chi connectivity index (χ0v) is 17.2. The molecule has 0 radical (unpaired) electrons. The van der Waals surface area contributed by atoms with Gasteiger partial charge in [0.2, 0.25) is 0 Å². The molecule has 2 N–H and O–H groups in total. The van der Waals surface area contributed by atoms with Crippen LogP contribution in [0.1, 0.15) is 34.0 Å². The van der Waals surface area contributed by atoms with Gasteiger partial charge in [-0.3, -0.25) is 0 Å². The van der Waals surface area contributed by atoms with E-state index >= 15 is 4.39 Å². The van der Waals surface area contributed by atoms with Crippen LogP contribution in [0.2, 0.25) is 0 Å². The monoisotopic (exact) mass is 408 g/mol. The number of aliphatic hydroxyl groups is 1. The molecule has 0 bridgehead atoms. The first kappa shape index (κ1) is 21.5. The van der Waals surface area contributed by atoms with Crippen LogP contribution in [-0.4, -0.2) is 29.9 Å². The Hall–Kier alpha value is -3.18. The van der Waals surface area contributed by atoms with Crippen LogP contribution in [0.15, 0.2) is 66.8 Å². The summed E-state index contributed by atoms with van der Waals surface area (Å²) in [7, 11) is 1.34. The molecule has 30 heavy (non-hydrogen) atoms. The molecular weight excluding hydrogens is 383 g/mol. The average molecular weight is 408 g/mol. The quantitative estimate of drug-likeness (QED) is 0.682. The number of methoxy groups -OCH3 is 1. The van der Waals surface area contributed by atoms with Gasteiger partial charge in [-0.15, -0.1) is 0 Å². The molecule has 0 heterocycles. The van der Waals surface area contributed by atoms with Crippen molar-refractivity contribution in [3.05, 3.63) is 89.0 Å². The molecule has 2 atom stereocenters. The second-order valence-corrected chi connectivity index (χ2v) is 7.50. The highest BCUT2D eigenvalue weighted by atomic mass is 19.1. The van der Waals surface area contributed by atoms with Gasteiger partial charge in [-0.1, -0.05) is 55.5 Å². The van der Waals surface area contributed by atoms with Crippen LogP contribution < -0.4 is 4.74 Å². The summed E-state index contributed by atoms with van der Waals surface area (Å²) < 4.78 is 20.4. The molecule has 0 spiro atoms. The van der Waals surface area contributed by atoms with Gasteiger partial charge >= 0.3 is 5.97 Å². The molecule has 0 aromatic heterocycles. The van der Waals surface area contributed by atoms with Crippen LogP contribution in [-0.2, 0) is 0 Å². The highest BCUT2D eigenvalue weighted by molar-refractivity contribution is 5.91. The summed E-state index contributed by atoms with van der Waals surface area (Å²) >= 11 is 0. The summed E-state index contributed by atoms with van der Waals surface area (Å²) in [6, 6.07) is 12.0. The van der Waals surface area contributed by atoms with Crippen LogP contribution >= 0.6 is 0 Å². The largest absolute Gasteiger partial charge is 0.496 e. The lowest BCUT2D eigenvalue weighted by Crippen LogP contribution is -2.31. The van der Waals surface area contributed by atoms with Crippen molar-refractivity contribution in [1.82, 2.24) is 0 Å². The van der Waals surface area contributed by atoms with Crippen molar-refractivity contribution in [3.8, 4) is 5.75 Å². The number of carboxylic acid groups (broad SMARTS) is 1. The fraction of sp³-hybridized carbons (Fsp3) is 0.240. The zero-order chi connectivity index (χ0) is 21.9. The first-order valence-corrected chi connectivity index (χ1v) is 9.69. The van der Waals surface area contributed by atoms with E-state index in [1.54, 1.807) is 0 Å². The van der Waals surface area contributed by atoms with E-state index in [0.29, 0.717) is 0 Å². The van der Waals surface area contributed by atoms with Crippen molar-refractivity contribution in [2.24, 2.45) is 11.3 Å². The Kier molecular flexibility index (Phi) is 6.22. The molecular formula is C25H25FO4. The number of carboxylic acids is 1. The summed E-state index contributed by atoms with van der Waals surface area (Å²) in [5, 5.41) is 19.5. The topological polar surface area (TPSA) is 66.8 Å². The third kappa shape index (κ3) is 3.94. The molecule has 0 saturated heterocycles. The standard InChI is InChI=1S/C25H25FO4/c1-16-7-4-5-8-19(16)20-9-6-12-25(15-27,17(20)2)14-22(26)18-10-11-21(24(28)29)23(13-18)30-3/h4-14,17,27H,15H2,1-3H3,(H,28,29)/b22-14-. The smallest absolute Gasteiger partial charge is 0.339 e. The molecule has 1 aliphatic rings. The Balaban J connectivity index is 2.02. The summed E-state index contributed by atoms with van der Waals surface area (Å²) in [6.45, 7) is 3.72. The molecule has 5 heteroatoms. The van der Waals surface area contributed by atoms with E-state index < -0.39 is 17.2 Å². The first-order chi connectivity index (χ1) is 14.3.